The second kappa shape index (κ2) is 3.77. The van der Waals surface area contributed by atoms with Crippen LogP contribution in [0.1, 0.15) is 20.8 Å². The van der Waals surface area contributed by atoms with Crippen LogP contribution in [0.15, 0.2) is 12.7 Å². The number of hydrogen-bond donors (Lipinski definition) is 0. The van der Waals surface area contributed by atoms with E-state index in [0.717, 1.165) is 6.08 Å². The van der Waals surface area contributed by atoms with E-state index in [-0.39, 0.29) is 5.41 Å². The highest BCUT2D eigenvalue weighted by molar-refractivity contribution is 6.20. The Morgan fingerprint density at radius 2 is 2.09 bits per heavy atom. The Morgan fingerprint density at radius 1 is 1.64 bits per heavy atom. The molecular formula is C8H13ClO2. The number of carbonyl (C=O) groups excluding carboxylic acids is 1. The average molecular weight is 177 g/mol. The first-order valence-corrected chi connectivity index (χ1v) is 3.78. The van der Waals surface area contributed by atoms with E-state index in [9.17, 15) is 4.79 Å². The fourth-order valence-corrected chi connectivity index (χ4v) is 0.415. The molecule has 0 N–H and O–H groups in total. The van der Waals surface area contributed by atoms with Crippen LogP contribution in [0.3, 0.4) is 0 Å². The quantitative estimate of drug-likeness (QED) is 0.367. The molecule has 11 heavy (non-hydrogen) atoms. The first-order valence-electron chi connectivity index (χ1n) is 3.35. The van der Waals surface area contributed by atoms with Crippen LogP contribution in [-0.2, 0) is 9.53 Å². The van der Waals surface area contributed by atoms with Crippen LogP contribution in [-0.4, -0.2) is 11.5 Å². The molecule has 0 aliphatic carbocycles. The van der Waals surface area contributed by atoms with Crippen LogP contribution in [0.5, 0.6) is 0 Å². The molecule has 0 saturated carbocycles. The van der Waals surface area contributed by atoms with Gasteiger partial charge in [-0.1, -0.05) is 39.0 Å². The van der Waals surface area contributed by atoms with Gasteiger partial charge in [-0.2, -0.15) is 0 Å². The van der Waals surface area contributed by atoms with Gasteiger partial charge in [0, 0.05) is 11.5 Å². The molecule has 64 valence electrons. The zero-order chi connectivity index (χ0) is 9.07. The predicted octanol–water partition coefficient (Wildman–Crippen LogP) is 2.33. The number of carbonyl (C=O) groups is 1. The van der Waals surface area contributed by atoms with Crippen LogP contribution in [0.2, 0.25) is 0 Å². The smallest absolute Gasteiger partial charge is 0.331 e. The molecular weight excluding hydrogens is 164 g/mol. The minimum Gasteiger partial charge on any atom is -0.442 e. The summed E-state index contributed by atoms with van der Waals surface area (Å²) < 4.78 is 4.77. The van der Waals surface area contributed by atoms with Gasteiger partial charge < -0.3 is 4.74 Å². The summed E-state index contributed by atoms with van der Waals surface area (Å²) in [5, 5.41) is 0. The molecule has 0 aromatic carbocycles. The summed E-state index contributed by atoms with van der Waals surface area (Å²) in [4.78, 5) is 10.6. The second-order valence-corrected chi connectivity index (χ2v) is 3.72. The molecule has 0 heterocycles. The molecule has 0 aliphatic heterocycles. The van der Waals surface area contributed by atoms with Crippen molar-refractivity contribution in [3.05, 3.63) is 12.7 Å². The van der Waals surface area contributed by atoms with Crippen LogP contribution in [0, 0.1) is 5.41 Å². The Bertz CT molecular complexity index is 158. The van der Waals surface area contributed by atoms with Crippen molar-refractivity contribution in [3.8, 4) is 0 Å². The van der Waals surface area contributed by atoms with E-state index in [2.05, 4.69) is 6.58 Å². The van der Waals surface area contributed by atoms with E-state index >= 15 is 0 Å². The Balaban J connectivity index is 3.97. The standard InChI is InChI=1S/C8H13ClO2/c1-5-6(10)11-7(9)8(2,3)4/h5,7H,1H2,2-4H3. The van der Waals surface area contributed by atoms with Crippen molar-refractivity contribution in [3.63, 3.8) is 0 Å². The number of hydrogen-bond acceptors (Lipinski definition) is 2. The maximum Gasteiger partial charge on any atom is 0.331 e. The van der Waals surface area contributed by atoms with Gasteiger partial charge in [0.25, 0.3) is 0 Å². The van der Waals surface area contributed by atoms with Crippen molar-refractivity contribution in [2.45, 2.75) is 26.3 Å². The van der Waals surface area contributed by atoms with Crippen LogP contribution in [0.4, 0.5) is 0 Å². The van der Waals surface area contributed by atoms with Crippen molar-refractivity contribution in [2.24, 2.45) is 5.41 Å². The van der Waals surface area contributed by atoms with E-state index in [1.54, 1.807) is 0 Å². The van der Waals surface area contributed by atoms with Crippen molar-refractivity contribution >= 4 is 17.6 Å². The van der Waals surface area contributed by atoms with Crippen LogP contribution >= 0.6 is 11.6 Å². The number of ether oxygens (including phenoxy) is 1. The van der Waals surface area contributed by atoms with Gasteiger partial charge in [-0.05, 0) is 0 Å². The zero-order valence-electron chi connectivity index (χ0n) is 7.06. The Kier molecular flexibility index (Phi) is 3.59. The highest BCUT2D eigenvalue weighted by Crippen LogP contribution is 2.25. The number of alkyl halides is 1. The maximum absolute atomic E-state index is 10.6. The fourth-order valence-electron chi connectivity index (χ4n) is 0.327. The number of halogens is 1. The Labute approximate surface area is 72.2 Å². The third-order valence-corrected chi connectivity index (χ3v) is 1.81. The molecule has 0 fully saturated rings. The monoisotopic (exact) mass is 176 g/mol. The van der Waals surface area contributed by atoms with Gasteiger partial charge in [-0.15, -0.1) is 0 Å². The first kappa shape index (κ1) is 10.5. The van der Waals surface area contributed by atoms with Crippen molar-refractivity contribution in [1.82, 2.24) is 0 Å². The molecule has 0 amide bonds. The summed E-state index contributed by atoms with van der Waals surface area (Å²) in [7, 11) is 0. The number of rotatable bonds is 2. The molecule has 1 atom stereocenters. The van der Waals surface area contributed by atoms with Gasteiger partial charge in [0.1, 0.15) is 0 Å². The van der Waals surface area contributed by atoms with E-state index in [0.29, 0.717) is 0 Å². The molecule has 0 aromatic heterocycles. The molecule has 0 bridgehead atoms. The largest absolute Gasteiger partial charge is 0.442 e. The van der Waals surface area contributed by atoms with Gasteiger partial charge in [0.05, 0.1) is 0 Å². The van der Waals surface area contributed by atoms with Crippen molar-refractivity contribution in [1.29, 1.82) is 0 Å². The first-order chi connectivity index (χ1) is 4.88. The molecule has 1 unspecified atom stereocenters. The van der Waals surface area contributed by atoms with Gasteiger partial charge in [-0.25, -0.2) is 4.79 Å². The highest BCUT2D eigenvalue weighted by Gasteiger charge is 2.24. The highest BCUT2D eigenvalue weighted by atomic mass is 35.5. The molecule has 3 heteroatoms. The minimum absolute atomic E-state index is 0.236. The molecule has 0 saturated heterocycles. The third kappa shape index (κ3) is 4.04. The van der Waals surface area contributed by atoms with E-state index in [4.69, 9.17) is 16.3 Å². The SMILES string of the molecule is C=CC(=O)OC(Cl)C(C)(C)C. The van der Waals surface area contributed by atoms with Crippen molar-refractivity contribution in [2.75, 3.05) is 0 Å². The van der Waals surface area contributed by atoms with Gasteiger partial charge in [0.2, 0.25) is 0 Å². The third-order valence-electron chi connectivity index (χ3n) is 1.07. The summed E-state index contributed by atoms with van der Waals surface area (Å²) in [6.07, 6.45) is 1.10. The summed E-state index contributed by atoms with van der Waals surface area (Å²) >= 11 is 5.74. The Hall–Kier alpha value is -0.500. The van der Waals surface area contributed by atoms with Gasteiger partial charge in [-0.3, -0.25) is 0 Å². The Morgan fingerprint density at radius 3 is 2.36 bits per heavy atom. The summed E-state index contributed by atoms with van der Waals surface area (Å²) in [5.41, 5.74) is -0.840. The summed E-state index contributed by atoms with van der Waals surface area (Å²) in [6, 6.07) is 0. The van der Waals surface area contributed by atoms with E-state index in [1.807, 2.05) is 20.8 Å². The lowest BCUT2D eigenvalue weighted by atomic mass is 9.98. The minimum atomic E-state index is -0.604. The molecule has 0 spiro atoms. The van der Waals surface area contributed by atoms with Crippen LogP contribution in [0.25, 0.3) is 0 Å². The lowest BCUT2D eigenvalue weighted by Crippen LogP contribution is -2.25. The van der Waals surface area contributed by atoms with Crippen LogP contribution < -0.4 is 0 Å². The molecule has 2 nitrogen and oxygen atoms in total. The lowest BCUT2D eigenvalue weighted by molar-refractivity contribution is -0.142. The maximum atomic E-state index is 10.6. The molecule has 0 aromatic rings. The topological polar surface area (TPSA) is 26.3 Å². The average Bonchev–Trinajstić information content (AvgIpc) is 1.85. The van der Waals surface area contributed by atoms with E-state index < -0.39 is 11.5 Å². The van der Waals surface area contributed by atoms with Gasteiger partial charge in [0.15, 0.2) is 5.56 Å². The zero-order valence-corrected chi connectivity index (χ0v) is 7.81. The molecule has 0 rings (SSSR count). The van der Waals surface area contributed by atoms with E-state index in [1.165, 1.54) is 0 Å². The van der Waals surface area contributed by atoms with Gasteiger partial charge >= 0.3 is 5.97 Å². The number of esters is 1. The molecule has 0 radical (unpaired) electrons. The lowest BCUT2D eigenvalue weighted by Gasteiger charge is -2.23. The normalized spacial score (nSPS) is 13.8. The van der Waals surface area contributed by atoms with Crippen molar-refractivity contribution < 1.29 is 9.53 Å². The second-order valence-electron chi connectivity index (χ2n) is 3.32. The summed E-state index contributed by atoms with van der Waals surface area (Å²) in [6.45, 7) is 8.93. The molecule has 0 aliphatic rings. The predicted molar refractivity (Wildman–Crippen MR) is 45.4 cm³/mol. The summed E-state index contributed by atoms with van der Waals surface area (Å²) in [5.74, 6) is -0.486. The fraction of sp³-hybridized carbons (Fsp3) is 0.625.